The van der Waals surface area contributed by atoms with Crippen LogP contribution in [0.2, 0.25) is 0 Å². The maximum atomic E-state index is 11.9. The van der Waals surface area contributed by atoms with E-state index in [9.17, 15) is 9.59 Å². The Morgan fingerprint density at radius 2 is 2.30 bits per heavy atom. The minimum atomic E-state index is -0.0441. The first-order chi connectivity index (χ1) is 11.1. The summed E-state index contributed by atoms with van der Waals surface area (Å²) < 4.78 is 0. The van der Waals surface area contributed by atoms with Gasteiger partial charge in [0.2, 0.25) is 5.91 Å². The predicted octanol–water partition coefficient (Wildman–Crippen LogP) is 2.05. The summed E-state index contributed by atoms with van der Waals surface area (Å²) in [5.74, 6) is 1.03. The molecule has 2 saturated heterocycles. The highest BCUT2D eigenvalue weighted by molar-refractivity contribution is 8.00. The molecule has 3 heterocycles. The Morgan fingerprint density at radius 1 is 1.43 bits per heavy atom. The molecular weight excluding hydrogens is 312 g/mol. The molecule has 2 aliphatic heterocycles. The fourth-order valence-corrected chi connectivity index (χ4v) is 4.66. The van der Waals surface area contributed by atoms with Gasteiger partial charge in [0.05, 0.1) is 12.1 Å². The number of hydrogen-bond acceptors (Lipinski definition) is 4. The summed E-state index contributed by atoms with van der Waals surface area (Å²) in [5, 5.41) is 9.31. The number of rotatable bonds is 6. The summed E-state index contributed by atoms with van der Waals surface area (Å²) in [4.78, 5) is 27.4. The van der Waals surface area contributed by atoms with E-state index in [1.165, 1.54) is 0 Å². The van der Waals surface area contributed by atoms with Gasteiger partial charge in [-0.15, -0.1) is 0 Å². The molecule has 23 heavy (non-hydrogen) atoms. The number of nitrogens with one attached hydrogen (secondary N) is 3. The van der Waals surface area contributed by atoms with Crippen LogP contribution in [0.25, 0.3) is 0 Å². The maximum Gasteiger partial charge on any atom is 0.315 e. The van der Waals surface area contributed by atoms with Crippen molar-refractivity contribution < 1.29 is 9.59 Å². The molecular formula is C16H22N4O2S. The maximum absolute atomic E-state index is 11.9. The van der Waals surface area contributed by atoms with Crippen LogP contribution in [0.1, 0.15) is 31.4 Å². The summed E-state index contributed by atoms with van der Waals surface area (Å²) >= 11 is 1.91. The zero-order valence-corrected chi connectivity index (χ0v) is 14.0. The molecule has 3 atom stereocenters. The van der Waals surface area contributed by atoms with E-state index in [2.05, 4.69) is 20.9 Å². The number of urea groups is 1. The molecule has 124 valence electrons. The lowest BCUT2D eigenvalue weighted by Gasteiger charge is -2.16. The third-order valence-corrected chi connectivity index (χ3v) is 5.77. The Balaban J connectivity index is 1.35. The molecule has 0 bridgehead atoms. The van der Waals surface area contributed by atoms with Crippen molar-refractivity contribution in [2.45, 2.75) is 49.9 Å². The summed E-state index contributed by atoms with van der Waals surface area (Å²) in [7, 11) is 0. The third kappa shape index (κ3) is 4.16. The van der Waals surface area contributed by atoms with E-state index in [-0.39, 0.29) is 24.0 Å². The van der Waals surface area contributed by atoms with Crippen LogP contribution < -0.4 is 16.0 Å². The summed E-state index contributed by atoms with van der Waals surface area (Å²) in [6.45, 7) is 1.90. The standard InChI is InChI=1S/C16H22N4O2S/c1-10-8-11(6-7-17-10)18-14(21)5-3-2-4-13-15-12(9-23-13)19-16(22)20-15/h6-8,12-13,15H,2-5,9H2,1H3,(H,17,18,21)(H2,19,20,22). The van der Waals surface area contributed by atoms with E-state index >= 15 is 0 Å². The molecule has 0 aromatic carbocycles. The minimum Gasteiger partial charge on any atom is -0.332 e. The van der Waals surface area contributed by atoms with Gasteiger partial charge in [0, 0.05) is 35.0 Å². The van der Waals surface area contributed by atoms with Crippen molar-refractivity contribution in [1.29, 1.82) is 0 Å². The van der Waals surface area contributed by atoms with E-state index in [0.717, 1.165) is 36.4 Å². The van der Waals surface area contributed by atoms with Crippen LogP contribution in [0, 0.1) is 6.92 Å². The summed E-state index contributed by atoms with van der Waals surface area (Å²) in [6, 6.07) is 4.15. The number of amides is 3. The van der Waals surface area contributed by atoms with Gasteiger partial charge in [-0.25, -0.2) is 4.79 Å². The van der Waals surface area contributed by atoms with Crippen LogP contribution in [0.5, 0.6) is 0 Å². The van der Waals surface area contributed by atoms with Gasteiger partial charge in [-0.1, -0.05) is 6.42 Å². The van der Waals surface area contributed by atoms with Crippen molar-refractivity contribution in [3.8, 4) is 0 Å². The van der Waals surface area contributed by atoms with Crippen LogP contribution in [-0.4, -0.2) is 40.0 Å². The van der Waals surface area contributed by atoms with E-state index in [4.69, 9.17) is 0 Å². The van der Waals surface area contributed by atoms with Gasteiger partial charge < -0.3 is 16.0 Å². The van der Waals surface area contributed by atoms with Crippen LogP contribution in [0.3, 0.4) is 0 Å². The molecule has 0 saturated carbocycles. The molecule has 0 spiro atoms. The second-order valence-electron chi connectivity index (χ2n) is 6.10. The predicted molar refractivity (Wildman–Crippen MR) is 91.6 cm³/mol. The molecule has 7 heteroatoms. The summed E-state index contributed by atoms with van der Waals surface area (Å²) in [5.41, 5.74) is 1.69. The topological polar surface area (TPSA) is 83.1 Å². The smallest absolute Gasteiger partial charge is 0.315 e. The normalized spacial score (nSPS) is 25.6. The van der Waals surface area contributed by atoms with Gasteiger partial charge in [0.25, 0.3) is 0 Å². The lowest BCUT2D eigenvalue weighted by Crippen LogP contribution is -2.36. The average Bonchev–Trinajstić information content (AvgIpc) is 3.03. The quantitative estimate of drug-likeness (QED) is 0.549. The fraction of sp³-hybridized carbons (Fsp3) is 0.562. The Labute approximate surface area is 140 Å². The minimum absolute atomic E-state index is 0.0441. The third-order valence-electron chi connectivity index (χ3n) is 4.26. The molecule has 0 aliphatic carbocycles. The van der Waals surface area contributed by atoms with Gasteiger partial charge in [-0.2, -0.15) is 11.8 Å². The van der Waals surface area contributed by atoms with E-state index < -0.39 is 0 Å². The van der Waals surface area contributed by atoms with Crippen LogP contribution in [-0.2, 0) is 4.79 Å². The molecule has 3 amide bonds. The van der Waals surface area contributed by atoms with E-state index in [1.54, 1.807) is 12.3 Å². The van der Waals surface area contributed by atoms with Crippen molar-refractivity contribution in [2.75, 3.05) is 11.1 Å². The molecule has 1 aromatic heterocycles. The lowest BCUT2D eigenvalue weighted by atomic mass is 10.0. The molecule has 2 aliphatic rings. The van der Waals surface area contributed by atoms with Gasteiger partial charge in [0.1, 0.15) is 0 Å². The second kappa shape index (κ2) is 7.21. The van der Waals surface area contributed by atoms with Crippen LogP contribution in [0.4, 0.5) is 10.5 Å². The molecule has 3 unspecified atom stereocenters. The number of aromatic nitrogens is 1. The summed E-state index contributed by atoms with van der Waals surface area (Å²) in [6.07, 6.45) is 5.13. The van der Waals surface area contributed by atoms with Gasteiger partial charge in [-0.3, -0.25) is 9.78 Å². The van der Waals surface area contributed by atoms with Gasteiger partial charge >= 0.3 is 6.03 Å². The Morgan fingerprint density at radius 3 is 3.13 bits per heavy atom. The fourth-order valence-electron chi connectivity index (χ4n) is 3.12. The molecule has 2 fully saturated rings. The van der Waals surface area contributed by atoms with Crippen molar-refractivity contribution >= 4 is 29.4 Å². The SMILES string of the molecule is Cc1cc(NC(=O)CCCCC2SCC3NC(=O)NC32)ccn1. The number of carbonyl (C=O) groups is 2. The van der Waals surface area contributed by atoms with Crippen LogP contribution in [0.15, 0.2) is 18.3 Å². The average molecular weight is 334 g/mol. The number of unbranched alkanes of at least 4 members (excludes halogenated alkanes) is 1. The Kier molecular flexibility index (Phi) is 5.05. The number of aryl methyl sites for hydroxylation is 1. The highest BCUT2D eigenvalue weighted by Gasteiger charge is 2.42. The van der Waals surface area contributed by atoms with Gasteiger partial charge in [0.15, 0.2) is 0 Å². The molecule has 3 rings (SSSR count). The molecule has 0 radical (unpaired) electrons. The highest BCUT2D eigenvalue weighted by Crippen LogP contribution is 2.33. The number of fused-ring (bicyclic) bond motifs is 1. The monoisotopic (exact) mass is 334 g/mol. The van der Waals surface area contributed by atoms with Crippen molar-refractivity contribution in [1.82, 2.24) is 15.6 Å². The molecule has 3 N–H and O–H groups in total. The first-order valence-electron chi connectivity index (χ1n) is 8.03. The largest absolute Gasteiger partial charge is 0.332 e. The zero-order valence-electron chi connectivity index (χ0n) is 13.2. The zero-order chi connectivity index (χ0) is 16.2. The van der Waals surface area contributed by atoms with Crippen molar-refractivity contribution in [2.24, 2.45) is 0 Å². The van der Waals surface area contributed by atoms with Crippen molar-refractivity contribution in [3.05, 3.63) is 24.0 Å². The second-order valence-corrected chi connectivity index (χ2v) is 7.37. The Bertz CT molecular complexity index is 595. The Hall–Kier alpha value is -1.76. The molecule has 1 aromatic rings. The first kappa shape index (κ1) is 16.1. The first-order valence-corrected chi connectivity index (χ1v) is 9.08. The van der Waals surface area contributed by atoms with E-state index in [1.807, 2.05) is 24.8 Å². The lowest BCUT2D eigenvalue weighted by molar-refractivity contribution is -0.116. The number of hydrogen-bond donors (Lipinski definition) is 3. The number of nitrogens with zero attached hydrogens (tertiary/aromatic N) is 1. The van der Waals surface area contributed by atoms with Crippen molar-refractivity contribution in [3.63, 3.8) is 0 Å². The number of anilines is 1. The van der Waals surface area contributed by atoms with E-state index in [0.29, 0.717) is 11.7 Å². The number of carbonyl (C=O) groups excluding carboxylic acids is 2. The number of thioether (sulfide) groups is 1. The highest BCUT2D eigenvalue weighted by atomic mass is 32.2. The van der Waals surface area contributed by atoms with Gasteiger partial charge in [-0.05, 0) is 31.9 Å². The molecule has 6 nitrogen and oxygen atoms in total. The number of pyridine rings is 1. The van der Waals surface area contributed by atoms with Crippen LogP contribution >= 0.6 is 11.8 Å².